The van der Waals surface area contributed by atoms with Gasteiger partial charge in [0.05, 0.1) is 19.6 Å². The van der Waals surface area contributed by atoms with Gasteiger partial charge >= 0.3 is 0 Å². The Kier molecular flexibility index (Phi) is 4.61. The van der Waals surface area contributed by atoms with Gasteiger partial charge in [-0.05, 0) is 55.0 Å². The number of ether oxygens (including phenoxy) is 2. The second-order valence-corrected chi connectivity index (χ2v) is 7.53. The van der Waals surface area contributed by atoms with E-state index < -0.39 is 0 Å². The summed E-state index contributed by atoms with van der Waals surface area (Å²) in [6, 6.07) is 3.38. The van der Waals surface area contributed by atoms with Gasteiger partial charge in [-0.3, -0.25) is 4.79 Å². The summed E-state index contributed by atoms with van der Waals surface area (Å²) in [5.41, 5.74) is 1.85. The van der Waals surface area contributed by atoms with Crippen LogP contribution in [0.1, 0.15) is 34.7 Å². The van der Waals surface area contributed by atoms with Crippen LogP contribution in [0.4, 0.5) is 0 Å². The van der Waals surface area contributed by atoms with E-state index >= 15 is 0 Å². The maximum Gasteiger partial charge on any atom is 0.260 e. The molecule has 0 saturated carbocycles. The van der Waals surface area contributed by atoms with Crippen LogP contribution >= 0.6 is 11.3 Å². The predicted molar refractivity (Wildman–Crippen MR) is 107 cm³/mol. The second-order valence-electron chi connectivity index (χ2n) is 6.45. The highest BCUT2D eigenvalue weighted by atomic mass is 32.1. The maximum atomic E-state index is 12.6. The van der Waals surface area contributed by atoms with E-state index in [-0.39, 0.29) is 11.3 Å². The van der Waals surface area contributed by atoms with Gasteiger partial charge in [0.25, 0.3) is 5.56 Å². The normalized spacial score (nSPS) is 13.9. The Balaban J connectivity index is 1.72. The van der Waals surface area contributed by atoms with Crippen molar-refractivity contribution in [2.45, 2.75) is 25.7 Å². The summed E-state index contributed by atoms with van der Waals surface area (Å²) >= 11 is 1.63. The molecule has 2 aromatic heterocycles. The molecule has 0 amide bonds. The van der Waals surface area contributed by atoms with Crippen LogP contribution in [0.25, 0.3) is 22.4 Å². The van der Waals surface area contributed by atoms with E-state index in [2.05, 4.69) is 9.97 Å². The summed E-state index contributed by atoms with van der Waals surface area (Å²) in [4.78, 5) is 22.2. The molecule has 0 fully saturated rings. The molecule has 0 aliphatic heterocycles. The first-order chi connectivity index (χ1) is 13.1. The number of phenols is 1. The molecule has 0 radical (unpaired) electrons. The molecule has 27 heavy (non-hydrogen) atoms. The van der Waals surface area contributed by atoms with Crippen molar-refractivity contribution in [1.29, 1.82) is 0 Å². The molecule has 1 aliphatic rings. The van der Waals surface area contributed by atoms with Crippen LogP contribution in [0.5, 0.6) is 17.2 Å². The number of hydrogen-bond donors (Lipinski definition) is 2. The number of phenolic OH excluding ortho intramolecular Hbond substituents is 1. The zero-order valence-corrected chi connectivity index (χ0v) is 16.0. The zero-order valence-electron chi connectivity index (χ0n) is 15.2. The Hall–Kier alpha value is -2.80. The molecule has 7 heteroatoms. The van der Waals surface area contributed by atoms with Crippen molar-refractivity contribution in [2.75, 3.05) is 14.2 Å². The topological polar surface area (TPSA) is 84.4 Å². The Morgan fingerprint density at radius 3 is 2.56 bits per heavy atom. The van der Waals surface area contributed by atoms with Crippen LogP contribution in [0, 0.1) is 0 Å². The number of aromatic hydroxyl groups is 1. The van der Waals surface area contributed by atoms with E-state index in [1.54, 1.807) is 35.6 Å². The minimum atomic E-state index is -0.0834. The fraction of sp³-hybridized carbons (Fsp3) is 0.300. The van der Waals surface area contributed by atoms with Gasteiger partial charge in [-0.1, -0.05) is 6.08 Å². The smallest absolute Gasteiger partial charge is 0.260 e. The van der Waals surface area contributed by atoms with E-state index in [1.165, 1.54) is 31.1 Å². The minimum absolute atomic E-state index is 0.0470. The van der Waals surface area contributed by atoms with Crippen LogP contribution in [-0.4, -0.2) is 29.3 Å². The summed E-state index contributed by atoms with van der Waals surface area (Å²) < 4.78 is 10.3. The van der Waals surface area contributed by atoms with Crippen molar-refractivity contribution in [3.8, 4) is 17.2 Å². The number of nitrogens with zero attached hydrogens (tertiary/aromatic N) is 1. The molecule has 0 spiro atoms. The second kappa shape index (κ2) is 7.08. The van der Waals surface area contributed by atoms with Crippen molar-refractivity contribution in [1.82, 2.24) is 9.97 Å². The molecule has 0 saturated heterocycles. The van der Waals surface area contributed by atoms with E-state index in [0.29, 0.717) is 17.3 Å². The molecule has 6 nitrogen and oxygen atoms in total. The number of aromatic nitrogens is 2. The van der Waals surface area contributed by atoms with E-state index in [1.807, 2.05) is 0 Å². The number of aryl methyl sites for hydroxylation is 2. The van der Waals surface area contributed by atoms with Gasteiger partial charge in [-0.25, -0.2) is 4.98 Å². The number of nitrogens with one attached hydrogen (secondary N) is 1. The van der Waals surface area contributed by atoms with Gasteiger partial charge in [-0.15, -0.1) is 11.3 Å². The van der Waals surface area contributed by atoms with Crippen molar-refractivity contribution in [3.05, 3.63) is 44.3 Å². The zero-order chi connectivity index (χ0) is 19.0. The summed E-state index contributed by atoms with van der Waals surface area (Å²) in [6.07, 6.45) is 7.84. The molecule has 2 N–H and O–H groups in total. The van der Waals surface area contributed by atoms with Crippen molar-refractivity contribution < 1.29 is 14.6 Å². The van der Waals surface area contributed by atoms with Gasteiger partial charge in [0, 0.05) is 4.88 Å². The Bertz CT molecular complexity index is 1070. The average molecular weight is 384 g/mol. The van der Waals surface area contributed by atoms with Crippen LogP contribution in [-0.2, 0) is 12.8 Å². The minimum Gasteiger partial charge on any atom is -0.502 e. The fourth-order valence-corrected chi connectivity index (χ4v) is 4.71. The lowest BCUT2D eigenvalue weighted by molar-refractivity contribution is 0.340. The van der Waals surface area contributed by atoms with Gasteiger partial charge in [-0.2, -0.15) is 0 Å². The first-order valence-corrected chi connectivity index (χ1v) is 9.60. The molecule has 4 rings (SSSR count). The molecule has 140 valence electrons. The van der Waals surface area contributed by atoms with Gasteiger partial charge in [0.15, 0.2) is 11.5 Å². The van der Waals surface area contributed by atoms with Crippen LogP contribution in [0.15, 0.2) is 16.9 Å². The van der Waals surface area contributed by atoms with Crippen molar-refractivity contribution in [3.63, 3.8) is 0 Å². The molecular formula is C20H20N2O4S. The molecule has 1 aliphatic carbocycles. The quantitative estimate of drug-likeness (QED) is 0.716. The van der Waals surface area contributed by atoms with Crippen LogP contribution < -0.4 is 15.0 Å². The van der Waals surface area contributed by atoms with Crippen LogP contribution in [0.3, 0.4) is 0 Å². The highest BCUT2D eigenvalue weighted by Crippen LogP contribution is 2.37. The molecule has 0 bridgehead atoms. The molecule has 0 unspecified atom stereocenters. The molecule has 2 heterocycles. The van der Waals surface area contributed by atoms with Crippen LogP contribution in [0.2, 0.25) is 0 Å². The molecule has 1 aromatic carbocycles. The highest BCUT2D eigenvalue weighted by Gasteiger charge is 2.19. The SMILES string of the molecule is COc1cc(/C=C/c2nc3sc4c(c3c(=O)[nH]2)CCCC4)cc(OC)c1O. The Morgan fingerprint density at radius 2 is 1.85 bits per heavy atom. The first kappa shape index (κ1) is 17.6. The van der Waals surface area contributed by atoms with E-state index in [9.17, 15) is 9.90 Å². The summed E-state index contributed by atoms with van der Waals surface area (Å²) in [6.45, 7) is 0. The standard InChI is InChI=1S/C20H20N2O4S/c1-25-13-9-11(10-14(26-2)18(13)23)7-8-16-21-19(24)17-12-5-3-4-6-15(12)27-20(17)22-16/h7-10,23H,3-6H2,1-2H3,(H,21,22,24)/b8-7+. The number of H-pyrrole nitrogens is 1. The number of hydrogen-bond acceptors (Lipinski definition) is 6. The van der Waals surface area contributed by atoms with Gasteiger partial charge in [0.1, 0.15) is 10.7 Å². The maximum absolute atomic E-state index is 12.6. The summed E-state index contributed by atoms with van der Waals surface area (Å²) in [5, 5.41) is 10.8. The number of fused-ring (bicyclic) bond motifs is 3. The fourth-order valence-electron chi connectivity index (χ4n) is 3.44. The Labute approximate surface area is 160 Å². The molecule has 0 atom stereocenters. The first-order valence-electron chi connectivity index (χ1n) is 8.78. The lowest BCUT2D eigenvalue weighted by atomic mass is 9.97. The monoisotopic (exact) mass is 384 g/mol. The number of benzene rings is 1. The summed E-state index contributed by atoms with van der Waals surface area (Å²) in [5.74, 6) is 1.08. The van der Waals surface area contributed by atoms with Crippen molar-refractivity contribution in [2.24, 2.45) is 0 Å². The lowest BCUT2D eigenvalue weighted by Crippen LogP contribution is -2.11. The number of rotatable bonds is 4. The molecular weight excluding hydrogens is 364 g/mol. The largest absolute Gasteiger partial charge is 0.502 e. The highest BCUT2D eigenvalue weighted by molar-refractivity contribution is 7.18. The number of thiophene rings is 1. The number of aromatic amines is 1. The van der Waals surface area contributed by atoms with E-state index in [0.717, 1.165) is 35.0 Å². The third kappa shape index (κ3) is 3.19. The molecule has 3 aromatic rings. The lowest BCUT2D eigenvalue weighted by Gasteiger charge is -2.09. The summed E-state index contributed by atoms with van der Waals surface area (Å²) in [7, 11) is 2.96. The third-order valence-electron chi connectivity index (χ3n) is 4.78. The van der Waals surface area contributed by atoms with Gasteiger partial charge in [0.2, 0.25) is 5.75 Å². The average Bonchev–Trinajstić information content (AvgIpc) is 3.06. The third-order valence-corrected chi connectivity index (χ3v) is 5.96. The van der Waals surface area contributed by atoms with Gasteiger partial charge < -0.3 is 19.6 Å². The van der Waals surface area contributed by atoms with E-state index in [4.69, 9.17) is 9.47 Å². The predicted octanol–water partition coefficient (Wildman–Crippen LogP) is 3.76. The van der Waals surface area contributed by atoms with Crippen molar-refractivity contribution >= 4 is 33.7 Å². The number of methoxy groups -OCH3 is 2. The Morgan fingerprint density at radius 1 is 1.15 bits per heavy atom.